The first-order chi connectivity index (χ1) is 12.9. The van der Waals surface area contributed by atoms with Gasteiger partial charge in [0.15, 0.2) is 5.82 Å². The predicted molar refractivity (Wildman–Crippen MR) is 101 cm³/mol. The molecule has 0 saturated carbocycles. The maximum absolute atomic E-state index is 14.6. The van der Waals surface area contributed by atoms with Gasteiger partial charge in [-0.15, -0.1) is 0 Å². The van der Waals surface area contributed by atoms with Gasteiger partial charge in [0.25, 0.3) is 0 Å². The number of carbonyl (C=O) groups is 1. The summed E-state index contributed by atoms with van der Waals surface area (Å²) >= 11 is 7.19. The fraction of sp³-hybridized carbons (Fsp3) is 0.167. The van der Waals surface area contributed by atoms with Crippen LogP contribution in [0.15, 0.2) is 52.5 Å². The fourth-order valence-electron chi connectivity index (χ4n) is 2.41. The zero-order valence-corrected chi connectivity index (χ0v) is 15.9. The normalized spacial score (nSPS) is 10.8. The van der Waals surface area contributed by atoms with Crippen LogP contribution in [0, 0.1) is 12.7 Å². The Balaban J connectivity index is 1.95. The number of aryl methyl sites for hydroxylation is 1. The smallest absolute Gasteiger partial charge is 0.404 e. The van der Waals surface area contributed by atoms with Gasteiger partial charge in [-0.25, -0.2) is 18.9 Å². The number of pyridine rings is 1. The molecule has 140 valence electrons. The Morgan fingerprint density at radius 1 is 1.37 bits per heavy atom. The second-order valence-corrected chi connectivity index (χ2v) is 7.18. The molecule has 0 unspecified atom stereocenters. The van der Waals surface area contributed by atoms with E-state index in [1.54, 1.807) is 37.4 Å². The lowest BCUT2D eigenvalue weighted by Crippen LogP contribution is -2.23. The zero-order chi connectivity index (χ0) is 19.4. The van der Waals surface area contributed by atoms with Crippen molar-refractivity contribution in [3.05, 3.63) is 64.8 Å². The molecule has 0 spiro atoms. The van der Waals surface area contributed by atoms with E-state index in [1.807, 2.05) is 12.1 Å². The number of halogens is 2. The summed E-state index contributed by atoms with van der Waals surface area (Å²) in [6, 6.07) is 10.4. The highest BCUT2D eigenvalue weighted by molar-refractivity contribution is 7.99. The first kappa shape index (κ1) is 19.2. The number of carboxylic acid groups (broad SMARTS) is 1. The molecule has 9 heteroatoms. The van der Waals surface area contributed by atoms with E-state index >= 15 is 0 Å². The van der Waals surface area contributed by atoms with Crippen LogP contribution >= 0.6 is 23.4 Å². The Morgan fingerprint density at radius 3 is 2.89 bits per heavy atom. The van der Waals surface area contributed by atoms with E-state index in [2.05, 4.69) is 15.4 Å². The molecule has 0 radical (unpaired) electrons. The highest BCUT2D eigenvalue weighted by Gasteiger charge is 2.16. The first-order valence-corrected chi connectivity index (χ1v) is 9.24. The topological polar surface area (TPSA) is 80.0 Å². The summed E-state index contributed by atoms with van der Waals surface area (Å²) in [6.45, 7) is 1.91. The van der Waals surface area contributed by atoms with Gasteiger partial charge in [-0.3, -0.25) is 0 Å². The molecule has 6 nitrogen and oxygen atoms in total. The molecule has 27 heavy (non-hydrogen) atoms. The van der Waals surface area contributed by atoms with Gasteiger partial charge in [-0.2, -0.15) is 5.10 Å². The van der Waals surface area contributed by atoms with Gasteiger partial charge < -0.3 is 10.4 Å². The van der Waals surface area contributed by atoms with Crippen LogP contribution < -0.4 is 5.32 Å². The van der Waals surface area contributed by atoms with Gasteiger partial charge in [-0.1, -0.05) is 35.5 Å². The molecule has 0 bridgehead atoms. The van der Waals surface area contributed by atoms with Gasteiger partial charge in [-0.05, 0) is 36.8 Å². The number of nitrogens with zero attached hydrogens (tertiary/aromatic N) is 3. The number of rotatable bonds is 6. The molecule has 1 aromatic carbocycles. The summed E-state index contributed by atoms with van der Waals surface area (Å²) in [5.41, 5.74) is 1.49. The van der Waals surface area contributed by atoms with Crippen molar-refractivity contribution >= 4 is 29.5 Å². The van der Waals surface area contributed by atoms with Gasteiger partial charge in [0.2, 0.25) is 0 Å². The van der Waals surface area contributed by atoms with E-state index < -0.39 is 6.09 Å². The van der Waals surface area contributed by atoms with Crippen molar-refractivity contribution in [3.8, 4) is 5.69 Å². The van der Waals surface area contributed by atoms with Crippen molar-refractivity contribution in [2.75, 3.05) is 6.54 Å². The lowest BCUT2D eigenvalue weighted by molar-refractivity contribution is 0.194. The standard InChI is InChI=1S/C18H16ClFN4O2S/c1-11-3-2-4-14(17(11)20)24-16(27-13-5-6-15(19)22-10-13)9-12(23-24)7-8-21-18(25)26/h2-6,9-10,21H,7-8H2,1H3,(H,25,26). The average Bonchev–Trinajstić information content (AvgIpc) is 3.01. The molecule has 0 aliphatic carbocycles. The van der Waals surface area contributed by atoms with Crippen LogP contribution in [-0.4, -0.2) is 32.5 Å². The molecule has 2 aromatic heterocycles. The highest BCUT2D eigenvalue weighted by atomic mass is 35.5. The largest absolute Gasteiger partial charge is 0.465 e. The van der Waals surface area contributed by atoms with Crippen molar-refractivity contribution in [3.63, 3.8) is 0 Å². The molecule has 0 aliphatic rings. The number of benzene rings is 1. The second-order valence-electron chi connectivity index (χ2n) is 5.69. The molecule has 0 aliphatic heterocycles. The highest BCUT2D eigenvalue weighted by Crippen LogP contribution is 2.31. The number of hydrogen-bond donors (Lipinski definition) is 2. The SMILES string of the molecule is Cc1cccc(-n2nc(CCNC(=O)O)cc2Sc2ccc(Cl)nc2)c1F. The zero-order valence-electron chi connectivity index (χ0n) is 14.3. The van der Waals surface area contributed by atoms with Crippen LogP contribution in [0.3, 0.4) is 0 Å². The molecular formula is C18H16ClFN4O2S. The second kappa shape index (κ2) is 8.41. The summed E-state index contributed by atoms with van der Waals surface area (Å²) in [7, 11) is 0. The van der Waals surface area contributed by atoms with Gasteiger partial charge in [0.1, 0.15) is 15.9 Å². The lowest BCUT2D eigenvalue weighted by Gasteiger charge is -2.09. The first-order valence-electron chi connectivity index (χ1n) is 8.04. The Hall–Kier alpha value is -2.58. The molecule has 0 fully saturated rings. The molecule has 2 heterocycles. The van der Waals surface area contributed by atoms with Crippen LogP contribution in [0.2, 0.25) is 5.15 Å². The fourth-order valence-corrected chi connectivity index (χ4v) is 3.43. The van der Waals surface area contributed by atoms with E-state index in [0.717, 1.165) is 4.90 Å². The molecule has 0 saturated heterocycles. The summed E-state index contributed by atoms with van der Waals surface area (Å²) in [4.78, 5) is 15.5. The molecular weight excluding hydrogens is 391 g/mol. The maximum atomic E-state index is 14.6. The minimum atomic E-state index is -1.10. The molecule has 3 rings (SSSR count). The summed E-state index contributed by atoms with van der Waals surface area (Å²) in [5, 5.41) is 16.6. The van der Waals surface area contributed by atoms with Crippen molar-refractivity contribution in [2.24, 2.45) is 0 Å². The van der Waals surface area contributed by atoms with Crippen LogP contribution in [0.5, 0.6) is 0 Å². The number of aromatic nitrogens is 3. The maximum Gasteiger partial charge on any atom is 0.404 e. The van der Waals surface area contributed by atoms with E-state index in [0.29, 0.717) is 33.5 Å². The van der Waals surface area contributed by atoms with Gasteiger partial charge >= 0.3 is 6.09 Å². The Kier molecular flexibility index (Phi) is 5.98. The van der Waals surface area contributed by atoms with Crippen LogP contribution in [-0.2, 0) is 6.42 Å². The van der Waals surface area contributed by atoms with Crippen LogP contribution in [0.1, 0.15) is 11.3 Å². The van der Waals surface area contributed by atoms with E-state index in [9.17, 15) is 9.18 Å². The monoisotopic (exact) mass is 406 g/mol. The Labute approximate surface area is 164 Å². The van der Waals surface area contributed by atoms with Crippen molar-refractivity contribution in [1.29, 1.82) is 0 Å². The summed E-state index contributed by atoms with van der Waals surface area (Å²) in [6.07, 6.45) is 0.919. The van der Waals surface area contributed by atoms with Crippen LogP contribution in [0.4, 0.5) is 9.18 Å². The third-order valence-electron chi connectivity index (χ3n) is 3.71. The van der Waals surface area contributed by atoms with Crippen LogP contribution in [0.25, 0.3) is 5.69 Å². The summed E-state index contributed by atoms with van der Waals surface area (Å²) < 4.78 is 16.2. The quantitative estimate of drug-likeness (QED) is 0.595. The van der Waals surface area contributed by atoms with E-state index in [4.69, 9.17) is 16.7 Å². The molecule has 3 aromatic rings. The lowest BCUT2D eigenvalue weighted by atomic mass is 10.2. The van der Waals surface area contributed by atoms with Crippen molar-refractivity contribution in [2.45, 2.75) is 23.3 Å². The summed E-state index contributed by atoms with van der Waals surface area (Å²) in [5.74, 6) is -0.355. The molecule has 2 N–H and O–H groups in total. The third-order valence-corrected chi connectivity index (χ3v) is 4.91. The number of nitrogens with one attached hydrogen (secondary N) is 1. The van der Waals surface area contributed by atoms with Gasteiger partial charge in [0, 0.05) is 24.1 Å². The van der Waals surface area contributed by atoms with E-state index in [1.165, 1.54) is 16.4 Å². The minimum Gasteiger partial charge on any atom is -0.465 e. The Morgan fingerprint density at radius 2 is 2.19 bits per heavy atom. The molecule has 1 amide bonds. The third kappa shape index (κ3) is 4.78. The Bertz CT molecular complexity index is 962. The minimum absolute atomic E-state index is 0.218. The van der Waals surface area contributed by atoms with E-state index in [-0.39, 0.29) is 12.4 Å². The predicted octanol–water partition coefficient (Wildman–Crippen LogP) is 4.33. The van der Waals surface area contributed by atoms with Gasteiger partial charge in [0.05, 0.1) is 5.69 Å². The van der Waals surface area contributed by atoms with Crippen molar-refractivity contribution < 1.29 is 14.3 Å². The average molecular weight is 407 g/mol. The number of amides is 1. The molecule has 0 atom stereocenters. The van der Waals surface area contributed by atoms with Crippen molar-refractivity contribution in [1.82, 2.24) is 20.1 Å². The number of hydrogen-bond acceptors (Lipinski definition) is 4.